The number of benzene rings is 1. The molecule has 0 saturated heterocycles. The molecule has 0 aliphatic carbocycles. The van der Waals surface area contributed by atoms with E-state index >= 15 is 0 Å². The summed E-state index contributed by atoms with van der Waals surface area (Å²) >= 11 is 0. The number of methoxy groups -OCH3 is 2. The summed E-state index contributed by atoms with van der Waals surface area (Å²) in [4.78, 5) is 26.1. The van der Waals surface area contributed by atoms with Gasteiger partial charge in [-0.2, -0.15) is 0 Å². The molecule has 1 N–H and O–H groups in total. The number of aromatic nitrogens is 1. The number of hydrogen-bond acceptors (Lipinski definition) is 6. The molecule has 0 radical (unpaired) electrons. The molecule has 1 heterocycles. The predicted octanol–water partition coefficient (Wildman–Crippen LogP) is 1.34. The summed E-state index contributed by atoms with van der Waals surface area (Å²) in [5.74, 6) is 0.504. The molecule has 1 aromatic carbocycles. The van der Waals surface area contributed by atoms with Crippen molar-refractivity contribution in [2.75, 3.05) is 39.2 Å². The van der Waals surface area contributed by atoms with Crippen molar-refractivity contribution >= 4 is 17.6 Å². The van der Waals surface area contributed by atoms with Crippen LogP contribution in [0.4, 0.5) is 5.82 Å². The van der Waals surface area contributed by atoms with Gasteiger partial charge < -0.3 is 24.2 Å². The Bertz CT molecular complexity index is 670. The molecular weight excluding hydrogens is 326 g/mol. The Labute approximate surface area is 145 Å². The first-order valence-corrected chi connectivity index (χ1v) is 7.72. The van der Waals surface area contributed by atoms with Gasteiger partial charge in [-0.05, 0) is 17.7 Å². The Morgan fingerprint density at radius 3 is 2.56 bits per heavy atom. The summed E-state index contributed by atoms with van der Waals surface area (Å²) in [6.07, 6.45) is 1.54. The van der Waals surface area contributed by atoms with Crippen LogP contribution in [0.2, 0.25) is 0 Å². The molecule has 0 unspecified atom stereocenters. The molecule has 8 heteroatoms. The van der Waals surface area contributed by atoms with E-state index < -0.39 is 0 Å². The van der Waals surface area contributed by atoms with E-state index in [1.165, 1.54) is 17.2 Å². The Morgan fingerprint density at radius 1 is 1.20 bits per heavy atom. The van der Waals surface area contributed by atoms with E-state index in [1.807, 2.05) is 12.1 Å². The highest BCUT2D eigenvalue weighted by Gasteiger charge is 2.18. The molecule has 0 aliphatic heterocycles. The molecule has 0 bridgehead atoms. The van der Waals surface area contributed by atoms with Crippen molar-refractivity contribution in [1.29, 1.82) is 0 Å². The fraction of sp³-hybridized carbons (Fsp3) is 0.353. The zero-order valence-corrected chi connectivity index (χ0v) is 14.2. The van der Waals surface area contributed by atoms with Crippen molar-refractivity contribution in [2.45, 2.75) is 6.42 Å². The second kappa shape index (κ2) is 9.43. The van der Waals surface area contributed by atoms with Crippen LogP contribution in [0.1, 0.15) is 5.56 Å². The van der Waals surface area contributed by atoms with Crippen molar-refractivity contribution < 1.29 is 23.6 Å². The maximum Gasteiger partial charge on any atom is 0.245 e. The molecule has 2 rings (SSSR count). The number of carbonyl (C=O) groups is 2. The van der Waals surface area contributed by atoms with Gasteiger partial charge in [0.15, 0.2) is 5.82 Å². The highest BCUT2D eigenvalue weighted by molar-refractivity contribution is 5.94. The van der Waals surface area contributed by atoms with Crippen molar-refractivity contribution in [1.82, 2.24) is 10.1 Å². The minimum Gasteiger partial charge on any atom is -0.497 e. The van der Waals surface area contributed by atoms with Crippen LogP contribution in [-0.4, -0.2) is 55.8 Å². The van der Waals surface area contributed by atoms with E-state index in [2.05, 4.69) is 15.0 Å². The molecule has 1 aromatic heterocycles. The maximum atomic E-state index is 12.5. The Morgan fingerprint density at radius 2 is 1.96 bits per heavy atom. The third-order valence-corrected chi connectivity index (χ3v) is 3.47. The van der Waals surface area contributed by atoms with Gasteiger partial charge >= 0.3 is 0 Å². The Kier molecular flexibility index (Phi) is 6.97. The first kappa shape index (κ1) is 18.5. The summed E-state index contributed by atoms with van der Waals surface area (Å²) in [6.45, 7) is 0.564. The van der Waals surface area contributed by atoms with Crippen molar-refractivity contribution in [3.63, 3.8) is 0 Å². The van der Waals surface area contributed by atoms with E-state index in [-0.39, 0.29) is 24.8 Å². The number of anilines is 1. The standard InChI is InChI=1S/C17H21N3O5/c1-23-10-8-20(12-16(21)18-15-7-9-25-19-15)17(22)11-13-3-5-14(24-2)6-4-13/h3-7,9H,8,10-12H2,1-2H3,(H,18,19,21). The van der Waals surface area contributed by atoms with Crippen LogP contribution in [0.15, 0.2) is 41.1 Å². The van der Waals surface area contributed by atoms with Gasteiger partial charge in [-0.15, -0.1) is 0 Å². The number of hydrogen-bond donors (Lipinski definition) is 1. The van der Waals surface area contributed by atoms with Gasteiger partial charge in [0.2, 0.25) is 11.8 Å². The second-order valence-electron chi connectivity index (χ2n) is 5.27. The minimum absolute atomic E-state index is 0.0921. The van der Waals surface area contributed by atoms with Gasteiger partial charge in [0.1, 0.15) is 12.0 Å². The van der Waals surface area contributed by atoms with Crippen molar-refractivity contribution in [2.24, 2.45) is 0 Å². The van der Waals surface area contributed by atoms with Crippen LogP contribution < -0.4 is 10.1 Å². The summed E-state index contributed by atoms with van der Waals surface area (Å²) < 4.78 is 14.8. The highest BCUT2D eigenvalue weighted by Crippen LogP contribution is 2.12. The lowest BCUT2D eigenvalue weighted by atomic mass is 10.1. The maximum absolute atomic E-state index is 12.5. The average molecular weight is 347 g/mol. The van der Waals surface area contributed by atoms with Crippen molar-refractivity contribution in [3.05, 3.63) is 42.2 Å². The van der Waals surface area contributed by atoms with Gasteiger partial charge in [-0.3, -0.25) is 9.59 Å². The first-order chi connectivity index (χ1) is 12.1. The van der Waals surface area contributed by atoms with E-state index in [0.29, 0.717) is 19.0 Å². The summed E-state index contributed by atoms with van der Waals surface area (Å²) in [5.41, 5.74) is 0.838. The lowest BCUT2D eigenvalue weighted by molar-refractivity contribution is -0.134. The molecule has 134 valence electrons. The van der Waals surface area contributed by atoms with Crippen molar-refractivity contribution in [3.8, 4) is 5.75 Å². The van der Waals surface area contributed by atoms with E-state index in [0.717, 1.165) is 11.3 Å². The SMILES string of the molecule is COCCN(CC(=O)Nc1ccon1)C(=O)Cc1ccc(OC)cc1. The molecule has 2 amide bonds. The number of amides is 2. The number of nitrogens with zero attached hydrogens (tertiary/aromatic N) is 2. The number of rotatable bonds is 9. The Hall–Kier alpha value is -2.87. The lowest BCUT2D eigenvalue weighted by Gasteiger charge is -2.21. The Balaban J connectivity index is 1.96. The summed E-state index contributed by atoms with van der Waals surface area (Å²) in [7, 11) is 3.13. The van der Waals surface area contributed by atoms with Gasteiger partial charge in [-0.1, -0.05) is 17.3 Å². The van der Waals surface area contributed by atoms with Gasteiger partial charge in [0.05, 0.1) is 26.7 Å². The first-order valence-electron chi connectivity index (χ1n) is 7.72. The van der Waals surface area contributed by atoms with Gasteiger partial charge in [0.25, 0.3) is 0 Å². The van der Waals surface area contributed by atoms with E-state index in [4.69, 9.17) is 9.47 Å². The molecule has 25 heavy (non-hydrogen) atoms. The fourth-order valence-corrected chi connectivity index (χ4v) is 2.16. The topological polar surface area (TPSA) is 93.9 Å². The van der Waals surface area contributed by atoms with Crippen LogP contribution >= 0.6 is 0 Å². The zero-order valence-electron chi connectivity index (χ0n) is 14.2. The highest BCUT2D eigenvalue weighted by atomic mass is 16.5. The fourth-order valence-electron chi connectivity index (χ4n) is 2.16. The zero-order chi connectivity index (χ0) is 18.1. The smallest absolute Gasteiger partial charge is 0.245 e. The lowest BCUT2D eigenvalue weighted by Crippen LogP contribution is -2.40. The quantitative estimate of drug-likeness (QED) is 0.736. The largest absolute Gasteiger partial charge is 0.497 e. The molecule has 0 aliphatic rings. The average Bonchev–Trinajstić information content (AvgIpc) is 3.12. The molecule has 0 saturated carbocycles. The third-order valence-electron chi connectivity index (χ3n) is 3.47. The molecule has 0 atom stereocenters. The van der Waals surface area contributed by atoms with E-state index in [1.54, 1.807) is 26.4 Å². The monoisotopic (exact) mass is 347 g/mol. The molecule has 0 fully saturated rings. The number of ether oxygens (including phenoxy) is 2. The minimum atomic E-state index is -0.354. The van der Waals surface area contributed by atoms with Gasteiger partial charge in [-0.25, -0.2) is 0 Å². The molecule has 8 nitrogen and oxygen atoms in total. The van der Waals surface area contributed by atoms with Crippen LogP contribution in [0.3, 0.4) is 0 Å². The third kappa shape index (κ3) is 5.92. The second-order valence-corrected chi connectivity index (χ2v) is 5.27. The van der Waals surface area contributed by atoms with Crippen LogP contribution in [0.25, 0.3) is 0 Å². The summed E-state index contributed by atoms with van der Waals surface area (Å²) in [6, 6.07) is 8.75. The molecule has 2 aromatic rings. The molecular formula is C17H21N3O5. The van der Waals surface area contributed by atoms with Crippen LogP contribution in [-0.2, 0) is 20.7 Å². The van der Waals surface area contributed by atoms with Crippen LogP contribution in [0.5, 0.6) is 5.75 Å². The van der Waals surface area contributed by atoms with Crippen LogP contribution in [0, 0.1) is 0 Å². The molecule has 0 spiro atoms. The van der Waals surface area contributed by atoms with Gasteiger partial charge in [0, 0.05) is 19.7 Å². The van der Waals surface area contributed by atoms with E-state index in [9.17, 15) is 9.59 Å². The predicted molar refractivity (Wildman–Crippen MR) is 90.3 cm³/mol. The summed E-state index contributed by atoms with van der Waals surface area (Å²) in [5, 5.41) is 6.18. The number of nitrogens with one attached hydrogen (secondary N) is 1. The number of carbonyl (C=O) groups excluding carboxylic acids is 2. The normalized spacial score (nSPS) is 10.3.